The molecule has 0 aliphatic heterocycles. The maximum atomic E-state index is 3.65. The standard InChI is InChI=1S/C13H23NS2/c1-3-6-14-13(11-15-7-4-2)9-12-5-8-16-10-12/h5,8,10,13-14H,3-4,6-7,9,11H2,1-2H3. The van der Waals surface area contributed by atoms with Crippen molar-refractivity contribution in [2.45, 2.75) is 39.2 Å². The Morgan fingerprint density at radius 3 is 2.88 bits per heavy atom. The van der Waals surface area contributed by atoms with Gasteiger partial charge in [0.15, 0.2) is 0 Å². The minimum Gasteiger partial charge on any atom is -0.313 e. The molecule has 0 aliphatic carbocycles. The second kappa shape index (κ2) is 9.08. The van der Waals surface area contributed by atoms with Crippen molar-refractivity contribution in [3.8, 4) is 0 Å². The van der Waals surface area contributed by atoms with Crippen LogP contribution in [0.15, 0.2) is 16.8 Å². The maximum Gasteiger partial charge on any atom is 0.0198 e. The third kappa shape index (κ3) is 5.92. The summed E-state index contributed by atoms with van der Waals surface area (Å²) in [6.45, 7) is 5.62. The molecule has 0 saturated heterocycles. The first kappa shape index (κ1) is 14.1. The van der Waals surface area contributed by atoms with Gasteiger partial charge in [-0.25, -0.2) is 0 Å². The van der Waals surface area contributed by atoms with Crippen LogP contribution in [0.1, 0.15) is 32.3 Å². The van der Waals surface area contributed by atoms with Crippen LogP contribution in [0, 0.1) is 0 Å². The quantitative estimate of drug-likeness (QED) is 0.675. The average molecular weight is 257 g/mol. The minimum absolute atomic E-state index is 0.645. The van der Waals surface area contributed by atoms with E-state index in [-0.39, 0.29) is 0 Å². The van der Waals surface area contributed by atoms with Crippen molar-refractivity contribution < 1.29 is 0 Å². The van der Waals surface area contributed by atoms with Crippen LogP contribution in [0.5, 0.6) is 0 Å². The molecule has 0 fully saturated rings. The zero-order chi connectivity index (χ0) is 11.6. The van der Waals surface area contributed by atoms with Gasteiger partial charge in [0.25, 0.3) is 0 Å². The van der Waals surface area contributed by atoms with Crippen LogP contribution >= 0.6 is 23.1 Å². The molecular formula is C13H23NS2. The van der Waals surface area contributed by atoms with E-state index in [1.54, 1.807) is 11.3 Å². The zero-order valence-electron chi connectivity index (χ0n) is 10.4. The van der Waals surface area contributed by atoms with Gasteiger partial charge in [0.2, 0.25) is 0 Å². The largest absolute Gasteiger partial charge is 0.313 e. The summed E-state index contributed by atoms with van der Waals surface area (Å²) in [4.78, 5) is 0. The SMILES string of the molecule is CCCNC(CSCCC)Cc1ccsc1. The van der Waals surface area contributed by atoms with Gasteiger partial charge >= 0.3 is 0 Å². The molecule has 1 atom stereocenters. The predicted molar refractivity (Wildman–Crippen MR) is 77.7 cm³/mol. The Labute approximate surface area is 108 Å². The molecule has 3 heteroatoms. The van der Waals surface area contributed by atoms with E-state index in [0.717, 1.165) is 6.54 Å². The number of hydrogen-bond donors (Lipinski definition) is 1. The van der Waals surface area contributed by atoms with Gasteiger partial charge in [0, 0.05) is 11.8 Å². The van der Waals surface area contributed by atoms with Crippen molar-refractivity contribution in [1.29, 1.82) is 0 Å². The highest BCUT2D eigenvalue weighted by Crippen LogP contribution is 2.12. The van der Waals surface area contributed by atoms with Gasteiger partial charge in [-0.3, -0.25) is 0 Å². The van der Waals surface area contributed by atoms with Gasteiger partial charge in [-0.1, -0.05) is 13.8 Å². The Kier molecular flexibility index (Phi) is 7.99. The van der Waals surface area contributed by atoms with Crippen LogP contribution in [0.3, 0.4) is 0 Å². The van der Waals surface area contributed by atoms with Crippen LogP contribution in [0.4, 0.5) is 0 Å². The lowest BCUT2D eigenvalue weighted by atomic mass is 10.1. The van der Waals surface area contributed by atoms with E-state index in [1.165, 1.54) is 36.3 Å². The fraction of sp³-hybridized carbons (Fsp3) is 0.692. The second-order valence-corrected chi connectivity index (χ2v) is 5.99. The first-order chi connectivity index (χ1) is 7.86. The first-order valence-electron chi connectivity index (χ1n) is 6.19. The highest BCUT2D eigenvalue weighted by atomic mass is 32.2. The number of thioether (sulfide) groups is 1. The Morgan fingerprint density at radius 1 is 1.38 bits per heavy atom. The monoisotopic (exact) mass is 257 g/mol. The van der Waals surface area contributed by atoms with E-state index in [4.69, 9.17) is 0 Å². The van der Waals surface area contributed by atoms with Crippen LogP contribution in [-0.4, -0.2) is 24.1 Å². The summed E-state index contributed by atoms with van der Waals surface area (Å²) < 4.78 is 0. The van der Waals surface area contributed by atoms with Crippen LogP contribution in [0.25, 0.3) is 0 Å². The molecule has 1 N–H and O–H groups in total. The van der Waals surface area contributed by atoms with Crippen molar-refractivity contribution >= 4 is 23.1 Å². The molecule has 1 rings (SSSR count). The molecule has 0 radical (unpaired) electrons. The molecule has 1 unspecified atom stereocenters. The molecule has 0 aromatic carbocycles. The van der Waals surface area contributed by atoms with E-state index < -0.39 is 0 Å². The Balaban J connectivity index is 2.31. The van der Waals surface area contributed by atoms with Crippen molar-refractivity contribution in [2.24, 2.45) is 0 Å². The number of rotatable bonds is 9. The van der Waals surface area contributed by atoms with Crippen LogP contribution < -0.4 is 5.32 Å². The molecule has 0 aliphatic rings. The summed E-state index contributed by atoms with van der Waals surface area (Å²) >= 11 is 3.87. The molecule has 1 aromatic heterocycles. The van der Waals surface area contributed by atoms with Crippen LogP contribution in [-0.2, 0) is 6.42 Å². The lowest BCUT2D eigenvalue weighted by molar-refractivity contribution is 0.550. The van der Waals surface area contributed by atoms with Gasteiger partial charge in [-0.2, -0.15) is 23.1 Å². The summed E-state index contributed by atoms with van der Waals surface area (Å²) in [6.07, 6.45) is 3.68. The number of hydrogen-bond acceptors (Lipinski definition) is 3. The number of nitrogens with one attached hydrogen (secondary N) is 1. The average Bonchev–Trinajstić information content (AvgIpc) is 2.78. The fourth-order valence-corrected chi connectivity index (χ4v) is 3.26. The molecule has 0 amide bonds. The third-order valence-corrected chi connectivity index (χ3v) is 4.48. The van der Waals surface area contributed by atoms with Gasteiger partial charge in [0.1, 0.15) is 0 Å². The summed E-state index contributed by atoms with van der Waals surface area (Å²) in [5, 5.41) is 8.09. The topological polar surface area (TPSA) is 12.0 Å². The highest BCUT2D eigenvalue weighted by Gasteiger charge is 2.08. The lowest BCUT2D eigenvalue weighted by Gasteiger charge is -2.17. The number of thiophene rings is 1. The second-order valence-electron chi connectivity index (χ2n) is 4.06. The summed E-state index contributed by atoms with van der Waals surface area (Å²) in [5.41, 5.74) is 1.48. The predicted octanol–water partition coefficient (Wildman–Crippen LogP) is 3.80. The van der Waals surface area contributed by atoms with E-state index in [0.29, 0.717) is 6.04 Å². The fourth-order valence-electron chi connectivity index (χ4n) is 1.60. The Hall–Kier alpha value is 0.01000. The molecule has 1 nitrogen and oxygen atoms in total. The normalized spacial score (nSPS) is 12.9. The third-order valence-electron chi connectivity index (χ3n) is 2.41. The van der Waals surface area contributed by atoms with Crippen molar-refractivity contribution in [3.05, 3.63) is 22.4 Å². The van der Waals surface area contributed by atoms with E-state index in [1.807, 2.05) is 0 Å². The molecular weight excluding hydrogens is 234 g/mol. The molecule has 0 bridgehead atoms. The molecule has 1 aromatic rings. The summed E-state index contributed by atoms with van der Waals surface area (Å²) in [6, 6.07) is 2.89. The van der Waals surface area contributed by atoms with Gasteiger partial charge < -0.3 is 5.32 Å². The van der Waals surface area contributed by atoms with Gasteiger partial charge in [-0.15, -0.1) is 0 Å². The Bertz CT molecular complexity index is 246. The maximum absolute atomic E-state index is 3.65. The van der Waals surface area contributed by atoms with Gasteiger partial charge in [0.05, 0.1) is 0 Å². The molecule has 0 spiro atoms. The van der Waals surface area contributed by atoms with E-state index in [2.05, 4.69) is 47.8 Å². The Morgan fingerprint density at radius 2 is 2.25 bits per heavy atom. The van der Waals surface area contributed by atoms with Crippen molar-refractivity contribution in [1.82, 2.24) is 5.32 Å². The molecule has 92 valence electrons. The minimum atomic E-state index is 0.645. The lowest BCUT2D eigenvalue weighted by Crippen LogP contribution is -2.34. The molecule has 0 saturated carbocycles. The van der Waals surface area contributed by atoms with E-state index in [9.17, 15) is 0 Å². The van der Waals surface area contributed by atoms with Gasteiger partial charge in [-0.05, 0) is 54.0 Å². The first-order valence-corrected chi connectivity index (χ1v) is 8.28. The van der Waals surface area contributed by atoms with Crippen molar-refractivity contribution in [2.75, 3.05) is 18.1 Å². The summed E-state index contributed by atoms with van der Waals surface area (Å²) in [5.74, 6) is 2.53. The van der Waals surface area contributed by atoms with Crippen molar-refractivity contribution in [3.63, 3.8) is 0 Å². The highest BCUT2D eigenvalue weighted by molar-refractivity contribution is 7.99. The van der Waals surface area contributed by atoms with E-state index >= 15 is 0 Å². The summed E-state index contributed by atoms with van der Waals surface area (Å²) in [7, 11) is 0. The molecule has 16 heavy (non-hydrogen) atoms. The molecule has 1 heterocycles. The zero-order valence-corrected chi connectivity index (χ0v) is 12.0. The smallest absolute Gasteiger partial charge is 0.0198 e. The van der Waals surface area contributed by atoms with Crippen LogP contribution in [0.2, 0.25) is 0 Å².